The maximum absolute atomic E-state index is 11.2. The Hall–Kier alpha value is -2.24. The van der Waals surface area contributed by atoms with Crippen molar-refractivity contribution >= 4 is 11.5 Å². The van der Waals surface area contributed by atoms with Gasteiger partial charge in [0.25, 0.3) is 0 Å². The highest BCUT2D eigenvalue weighted by atomic mass is 16.7. The average Bonchev–Trinajstić information content (AvgIpc) is 2.95. The molecular formula is C13H14N4O4. The van der Waals surface area contributed by atoms with Crippen molar-refractivity contribution in [1.29, 1.82) is 5.26 Å². The van der Waals surface area contributed by atoms with Gasteiger partial charge in [-0.2, -0.15) is 5.26 Å². The van der Waals surface area contributed by atoms with Gasteiger partial charge in [0.1, 0.15) is 11.6 Å². The number of hydrogen-bond acceptors (Lipinski definition) is 7. The van der Waals surface area contributed by atoms with Crippen LogP contribution in [0.5, 0.6) is 0 Å². The molecule has 21 heavy (non-hydrogen) atoms. The van der Waals surface area contributed by atoms with E-state index in [1.165, 1.54) is 12.3 Å². The normalized spacial score (nSPS) is 20.4. The Morgan fingerprint density at radius 2 is 2.05 bits per heavy atom. The molecule has 2 fully saturated rings. The van der Waals surface area contributed by atoms with Gasteiger partial charge >= 0.3 is 5.69 Å². The molecule has 8 nitrogen and oxygen atoms in total. The second kappa shape index (κ2) is 5.27. The Morgan fingerprint density at radius 3 is 2.62 bits per heavy atom. The highest BCUT2D eigenvalue weighted by Gasteiger charge is 2.41. The van der Waals surface area contributed by atoms with Gasteiger partial charge in [-0.3, -0.25) is 10.1 Å². The summed E-state index contributed by atoms with van der Waals surface area (Å²) in [6, 6.07) is 3.20. The maximum atomic E-state index is 11.2. The maximum Gasteiger partial charge on any atom is 0.329 e. The lowest BCUT2D eigenvalue weighted by Gasteiger charge is -2.37. The third kappa shape index (κ3) is 2.41. The lowest BCUT2D eigenvalue weighted by molar-refractivity contribution is -0.384. The van der Waals surface area contributed by atoms with Gasteiger partial charge in [-0.15, -0.1) is 0 Å². The van der Waals surface area contributed by atoms with Crippen LogP contribution in [0.2, 0.25) is 0 Å². The van der Waals surface area contributed by atoms with Crippen molar-refractivity contribution < 1.29 is 14.4 Å². The standard InChI is InChI=1S/C13H14N4O4/c14-9-10-1-4-15-12(11(10)17(18)19)16-5-2-13(3-6-16)20-7-8-21-13/h1,4H,2-3,5-8H2. The van der Waals surface area contributed by atoms with Crippen molar-refractivity contribution in [2.75, 3.05) is 31.2 Å². The van der Waals surface area contributed by atoms with Gasteiger partial charge in [-0.1, -0.05) is 0 Å². The predicted molar refractivity (Wildman–Crippen MR) is 71.7 cm³/mol. The number of hydrogen-bond donors (Lipinski definition) is 0. The zero-order valence-electron chi connectivity index (χ0n) is 11.3. The Kier molecular flexibility index (Phi) is 3.45. The van der Waals surface area contributed by atoms with Crippen LogP contribution in [0.15, 0.2) is 12.3 Å². The van der Waals surface area contributed by atoms with E-state index in [2.05, 4.69) is 4.98 Å². The summed E-state index contributed by atoms with van der Waals surface area (Å²) >= 11 is 0. The number of nitrogens with zero attached hydrogens (tertiary/aromatic N) is 4. The summed E-state index contributed by atoms with van der Waals surface area (Å²) in [6.45, 7) is 2.26. The van der Waals surface area contributed by atoms with E-state index in [1.54, 1.807) is 0 Å². The summed E-state index contributed by atoms with van der Waals surface area (Å²) in [5, 5.41) is 20.2. The van der Waals surface area contributed by atoms with Gasteiger partial charge in [-0.05, 0) is 6.07 Å². The first-order valence-electron chi connectivity index (χ1n) is 6.71. The molecule has 0 atom stereocenters. The average molecular weight is 290 g/mol. The minimum absolute atomic E-state index is 0.0265. The molecular weight excluding hydrogens is 276 g/mol. The van der Waals surface area contributed by atoms with Gasteiger partial charge in [0, 0.05) is 32.1 Å². The molecule has 8 heteroatoms. The number of aromatic nitrogens is 1. The fourth-order valence-corrected chi connectivity index (χ4v) is 2.79. The van der Waals surface area contributed by atoms with Crippen LogP contribution in [-0.2, 0) is 9.47 Å². The van der Waals surface area contributed by atoms with E-state index in [0.29, 0.717) is 39.1 Å². The van der Waals surface area contributed by atoms with Crippen molar-refractivity contribution in [2.45, 2.75) is 18.6 Å². The SMILES string of the molecule is N#Cc1ccnc(N2CCC3(CC2)OCCO3)c1[N+](=O)[O-]. The Balaban J connectivity index is 1.85. The van der Waals surface area contributed by atoms with E-state index >= 15 is 0 Å². The Bertz CT molecular complexity index is 597. The molecule has 2 aliphatic heterocycles. The molecule has 0 radical (unpaired) electrons. The van der Waals surface area contributed by atoms with Gasteiger partial charge < -0.3 is 14.4 Å². The molecule has 0 amide bonds. The molecule has 1 aromatic rings. The zero-order chi connectivity index (χ0) is 14.9. The molecule has 1 spiro atoms. The second-order valence-corrected chi connectivity index (χ2v) is 4.99. The van der Waals surface area contributed by atoms with Gasteiger partial charge in [0.2, 0.25) is 5.82 Å². The zero-order valence-corrected chi connectivity index (χ0v) is 11.3. The Labute approximate surface area is 121 Å². The van der Waals surface area contributed by atoms with Crippen molar-refractivity contribution in [3.63, 3.8) is 0 Å². The van der Waals surface area contributed by atoms with Crippen molar-refractivity contribution in [3.05, 3.63) is 27.9 Å². The predicted octanol–water partition coefficient (Wildman–Crippen LogP) is 1.20. The topological polar surface area (TPSA) is 102 Å². The quantitative estimate of drug-likeness (QED) is 0.595. The molecule has 2 aliphatic rings. The molecule has 0 N–H and O–H groups in total. The lowest BCUT2D eigenvalue weighted by Crippen LogP contribution is -2.45. The first kappa shape index (κ1) is 13.7. The van der Waals surface area contributed by atoms with Crippen molar-refractivity contribution in [1.82, 2.24) is 4.98 Å². The van der Waals surface area contributed by atoms with E-state index < -0.39 is 10.7 Å². The number of rotatable bonds is 2. The first-order chi connectivity index (χ1) is 10.2. The fraction of sp³-hybridized carbons (Fsp3) is 0.538. The van der Waals surface area contributed by atoms with Crippen molar-refractivity contribution in [3.8, 4) is 6.07 Å². The molecule has 3 rings (SSSR count). The van der Waals surface area contributed by atoms with Crippen molar-refractivity contribution in [2.24, 2.45) is 0 Å². The van der Waals surface area contributed by atoms with Gasteiger partial charge in [0.05, 0.1) is 18.1 Å². The number of nitro groups is 1. The molecule has 3 heterocycles. The van der Waals surface area contributed by atoms with Crippen LogP contribution in [0, 0.1) is 21.4 Å². The number of piperidine rings is 1. The molecule has 0 bridgehead atoms. The third-order valence-electron chi connectivity index (χ3n) is 3.85. The van der Waals surface area contributed by atoms with Crippen LogP contribution in [0.1, 0.15) is 18.4 Å². The van der Waals surface area contributed by atoms with E-state index in [9.17, 15) is 10.1 Å². The smallest absolute Gasteiger partial charge is 0.329 e. The third-order valence-corrected chi connectivity index (χ3v) is 3.85. The lowest BCUT2D eigenvalue weighted by atomic mass is 10.0. The number of pyridine rings is 1. The summed E-state index contributed by atoms with van der Waals surface area (Å²) in [5.74, 6) is -0.301. The van der Waals surface area contributed by atoms with E-state index in [-0.39, 0.29) is 17.1 Å². The van der Waals surface area contributed by atoms with Crippen LogP contribution in [0.3, 0.4) is 0 Å². The molecule has 0 aromatic carbocycles. The van der Waals surface area contributed by atoms with Crippen LogP contribution < -0.4 is 4.90 Å². The molecule has 0 unspecified atom stereocenters. The monoisotopic (exact) mass is 290 g/mol. The molecule has 0 aliphatic carbocycles. The minimum Gasteiger partial charge on any atom is -0.350 e. The molecule has 2 saturated heterocycles. The summed E-state index contributed by atoms with van der Waals surface area (Å²) in [7, 11) is 0. The van der Waals surface area contributed by atoms with E-state index in [0.717, 1.165) is 0 Å². The van der Waals surface area contributed by atoms with Crippen LogP contribution in [0.4, 0.5) is 11.5 Å². The van der Waals surface area contributed by atoms with Crippen LogP contribution in [0.25, 0.3) is 0 Å². The largest absolute Gasteiger partial charge is 0.350 e. The number of anilines is 1. The second-order valence-electron chi connectivity index (χ2n) is 4.99. The summed E-state index contributed by atoms with van der Waals surface area (Å²) in [4.78, 5) is 16.6. The summed E-state index contributed by atoms with van der Waals surface area (Å²) in [5.41, 5.74) is -0.206. The van der Waals surface area contributed by atoms with Gasteiger partial charge in [0.15, 0.2) is 5.79 Å². The Morgan fingerprint density at radius 1 is 1.38 bits per heavy atom. The molecule has 110 valence electrons. The molecule has 0 saturated carbocycles. The summed E-state index contributed by atoms with van der Waals surface area (Å²) < 4.78 is 11.3. The minimum atomic E-state index is -0.548. The molecule has 1 aromatic heterocycles. The van der Waals surface area contributed by atoms with Gasteiger partial charge in [-0.25, -0.2) is 4.98 Å². The number of ether oxygens (including phenoxy) is 2. The highest BCUT2D eigenvalue weighted by Crippen LogP contribution is 2.36. The van der Waals surface area contributed by atoms with Crippen LogP contribution in [-0.4, -0.2) is 42.0 Å². The fourth-order valence-electron chi connectivity index (χ4n) is 2.79. The van der Waals surface area contributed by atoms with E-state index in [4.69, 9.17) is 14.7 Å². The van der Waals surface area contributed by atoms with Crippen LogP contribution >= 0.6 is 0 Å². The number of nitriles is 1. The van der Waals surface area contributed by atoms with E-state index in [1.807, 2.05) is 11.0 Å². The summed E-state index contributed by atoms with van der Waals surface area (Å²) in [6.07, 6.45) is 2.68. The first-order valence-corrected chi connectivity index (χ1v) is 6.71. The highest BCUT2D eigenvalue weighted by molar-refractivity contribution is 5.65.